The predicted molar refractivity (Wildman–Crippen MR) is 229 cm³/mol. The molecular formula is C44H51N9O7S. The van der Waals surface area contributed by atoms with E-state index in [-0.39, 0.29) is 42.3 Å². The molecule has 0 bridgehead atoms. The third-order valence-corrected chi connectivity index (χ3v) is 11.6. The number of nitrogens with zero attached hydrogens (tertiary/aromatic N) is 7. The molecule has 2 aromatic carbocycles. The first-order chi connectivity index (χ1) is 29.5. The van der Waals surface area contributed by atoms with Crippen molar-refractivity contribution in [1.29, 1.82) is 0 Å². The number of amides is 2. The lowest BCUT2D eigenvalue weighted by molar-refractivity contribution is -0.141. The molecule has 3 atom stereocenters. The molecule has 17 heteroatoms. The zero-order chi connectivity index (χ0) is 42.9. The third-order valence-electron chi connectivity index (χ3n) is 10.6. The van der Waals surface area contributed by atoms with Crippen LogP contribution in [-0.2, 0) is 38.6 Å². The molecular weight excluding hydrogens is 799 g/mol. The van der Waals surface area contributed by atoms with Crippen LogP contribution in [0.3, 0.4) is 0 Å². The molecule has 1 aliphatic rings. The van der Waals surface area contributed by atoms with Gasteiger partial charge in [-0.2, -0.15) is 5.10 Å². The van der Waals surface area contributed by atoms with Crippen molar-refractivity contribution in [3.05, 3.63) is 101 Å². The number of hydrogen-bond acceptors (Lipinski definition) is 14. The van der Waals surface area contributed by atoms with E-state index in [2.05, 4.69) is 30.8 Å². The number of aromatic nitrogens is 6. The Bertz CT molecular complexity index is 2400. The maximum Gasteiger partial charge on any atom is 0.243 e. The molecule has 4 aromatic heterocycles. The SMILES string of the molecule is Cc1ncsc1-c1ccc(CNC(=O)[C@H]2C[C@@H](O)CN2C(=O)C(c2cc(CCCOCCOCCn3cc(-c4cc(-c5ccccc5O)nnc4N)cn3)no2)C(C)C)cc1. The average molecular weight is 850 g/mol. The number of aryl methyl sites for hydroxylation is 2. The standard InChI is InChI=1S/C44H51N9O7S/c1-27(2)40(44(57)53-25-33(54)20-37(53)43(56)46-22-29-10-12-30(13-11-29)41-28(3)47-26-61-41)39-19-32(51-60-39)7-6-15-58-17-18-59-16-14-52-24-31(23-48-52)35-21-36(49-50-42(35)45)34-8-4-5-9-38(34)55/h4-5,8-13,19,21,23-24,26-27,33,37,40,54-55H,6-7,14-18,20,22,25H2,1-3H3,(H2,45,50)(H,46,56)/t33-,37-,40?/m1/s1. The number of likely N-dealkylation sites (tertiary alicyclic amines) is 1. The average Bonchev–Trinajstić information content (AvgIpc) is 4.08. The highest BCUT2D eigenvalue weighted by atomic mass is 32.1. The van der Waals surface area contributed by atoms with Gasteiger partial charge >= 0.3 is 0 Å². The summed E-state index contributed by atoms with van der Waals surface area (Å²) >= 11 is 1.59. The fourth-order valence-corrected chi connectivity index (χ4v) is 8.20. The van der Waals surface area contributed by atoms with E-state index in [1.807, 2.05) is 62.8 Å². The summed E-state index contributed by atoms with van der Waals surface area (Å²) in [6.07, 6.45) is 4.20. The van der Waals surface area contributed by atoms with E-state index in [1.54, 1.807) is 52.5 Å². The topological polar surface area (TPSA) is 217 Å². The Labute approximate surface area is 357 Å². The second kappa shape index (κ2) is 20.0. The molecule has 0 spiro atoms. The van der Waals surface area contributed by atoms with Crippen molar-refractivity contribution in [2.24, 2.45) is 5.92 Å². The summed E-state index contributed by atoms with van der Waals surface area (Å²) in [5.74, 6) is -0.587. The van der Waals surface area contributed by atoms with Crippen molar-refractivity contribution in [2.45, 2.75) is 71.2 Å². The minimum absolute atomic E-state index is 0.0681. The Balaban J connectivity index is 0.819. The minimum Gasteiger partial charge on any atom is -0.507 e. The summed E-state index contributed by atoms with van der Waals surface area (Å²) in [5, 5.41) is 40.6. The van der Waals surface area contributed by atoms with Crippen LogP contribution in [0.4, 0.5) is 5.82 Å². The van der Waals surface area contributed by atoms with Crippen molar-refractivity contribution < 1.29 is 33.8 Å². The molecule has 5 N–H and O–H groups in total. The number of nitrogens with one attached hydrogen (secondary N) is 1. The molecule has 0 aliphatic carbocycles. The van der Waals surface area contributed by atoms with Crippen molar-refractivity contribution >= 4 is 29.0 Å². The predicted octanol–water partition coefficient (Wildman–Crippen LogP) is 5.40. The van der Waals surface area contributed by atoms with Gasteiger partial charge in [-0.3, -0.25) is 14.3 Å². The Morgan fingerprint density at radius 2 is 1.80 bits per heavy atom. The number of para-hydroxylation sites is 1. The normalized spacial score (nSPS) is 15.7. The van der Waals surface area contributed by atoms with E-state index in [1.165, 1.54) is 4.90 Å². The molecule has 0 saturated carbocycles. The summed E-state index contributed by atoms with van der Waals surface area (Å²) in [4.78, 5) is 34.4. The Hall–Kier alpha value is -6.01. The number of rotatable bonds is 19. The van der Waals surface area contributed by atoms with Crippen LogP contribution in [-0.4, -0.2) is 102 Å². The second-order valence-electron chi connectivity index (χ2n) is 15.4. The highest BCUT2D eigenvalue weighted by Crippen LogP contribution is 2.33. The molecule has 61 heavy (non-hydrogen) atoms. The zero-order valence-electron chi connectivity index (χ0n) is 34.4. The Kier molecular flexibility index (Phi) is 14.2. The van der Waals surface area contributed by atoms with Crippen LogP contribution in [0.5, 0.6) is 5.75 Å². The van der Waals surface area contributed by atoms with Gasteiger partial charge < -0.3 is 40.2 Å². The van der Waals surface area contributed by atoms with Crippen molar-refractivity contribution in [1.82, 2.24) is 40.3 Å². The molecule has 1 saturated heterocycles. The maximum absolute atomic E-state index is 14.0. The van der Waals surface area contributed by atoms with Gasteiger partial charge in [-0.05, 0) is 55.0 Å². The van der Waals surface area contributed by atoms with Gasteiger partial charge in [0.05, 0.1) is 66.1 Å². The fourth-order valence-electron chi connectivity index (χ4n) is 7.39. The van der Waals surface area contributed by atoms with Gasteiger partial charge in [-0.25, -0.2) is 4.98 Å². The van der Waals surface area contributed by atoms with E-state index >= 15 is 0 Å². The summed E-state index contributed by atoms with van der Waals surface area (Å²) in [6, 6.07) is 17.7. The molecule has 2 amide bonds. The molecule has 1 aliphatic heterocycles. The van der Waals surface area contributed by atoms with Crippen LogP contribution in [0, 0.1) is 12.8 Å². The fraction of sp³-hybridized carbons (Fsp3) is 0.386. The number of aliphatic hydroxyl groups is 1. The first-order valence-electron chi connectivity index (χ1n) is 20.4. The number of aliphatic hydroxyl groups excluding tert-OH is 1. The van der Waals surface area contributed by atoms with Crippen LogP contribution in [0.25, 0.3) is 32.8 Å². The quantitative estimate of drug-likeness (QED) is 0.0752. The van der Waals surface area contributed by atoms with Crippen LogP contribution >= 0.6 is 11.3 Å². The molecule has 6 aromatic rings. The van der Waals surface area contributed by atoms with Gasteiger partial charge in [-0.15, -0.1) is 21.5 Å². The van der Waals surface area contributed by atoms with E-state index in [0.29, 0.717) is 80.6 Å². The molecule has 320 valence electrons. The molecule has 7 rings (SSSR count). The summed E-state index contributed by atoms with van der Waals surface area (Å²) in [5.41, 5.74) is 14.1. The Morgan fingerprint density at radius 1 is 1.02 bits per heavy atom. The van der Waals surface area contributed by atoms with Crippen LogP contribution in [0.2, 0.25) is 0 Å². The smallest absolute Gasteiger partial charge is 0.243 e. The molecule has 16 nitrogen and oxygen atoms in total. The number of aromatic hydroxyl groups is 1. The van der Waals surface area contributed by atoms with Crippen molar-refractivity contribution in [3.8, 4) is 38.6 Å². The van der Waals surface area contributed by atoms with Gasteiger partial charge in [0.25, 0.3) is 0 Å². The number of benzene rings is 2. The zero-order valence-corrected chi connectivity index (χ0v) is 35.3. The largest absolute Gasteiger partial charge is 0.507 e. The number of nitrogen functional groups attached to an aromatic ring is 1. The maximum atomic E-state index is 14.0. The molecule has 1 unspecified atom stereocenters. The number of β-amino-alcohol motifs (C(OH)–C–C–N with tert-alkyl or cyclic N) is 1. The number of phenols is 1. The molecule has 0 radical (unpaired) electrons. The van der Waals surface area contributed by atoms with Crippen molar-refractivity contribution in [3.63, 3.8) is 0 Å². The second-order valence-corrected chi connectivity index (χ2v) is 16.2. The molecule has 1 fully saturated rings. The van der Waals surface area contributed by atoms with E-state index in [4.69, 9.17) is 19.7 Å². The lowest BCUT2D eigenvalue weighted by Gasteiger charge is -2.28. The summed E-state index contributed by atoms with van der Waals surface area (Å²) < 4.78 is 19.0. The number of phenolic OH excluding ortho intramolecular Hbond substituents is 1. The van der Waals surface area contributed by atoms with Gasteiger partial charge in [0.1, 0.15) is 23.5 Å². The first kappa shape index (κ1) is 43.1. The lowest BCUT2D eigenvalue weighted by Crippen LogP contribution is -2.48. The van der Waals surface area contributed by atoms with Gasteiger partial charge in [-0.1, -0.05) is 55.4 Å². The third kappa shape index (κ3) is 10.7. The minimum atomic E-state index is -0.807. The summed E-state index contributed by atoms with van der Waals surface area (Å²) in [7, 11) is 0. The van der Waals surface area contributed by atoms with Crippen molar-refractivity contribution in [2.75, 3.05) is 38.7 Å². The number of carbonyl (C=O) groups excluding carboxylic acids is 2. The van der Waals surface area contributed by atoms with Crippen LogP contribution < -0.4 is 11.1 Å². The van der Waals surface area contributed by atoms with E-state index < -0.39 is 18.1 Å². The number of thiazole rings is 1. The van der Waals surface area contributed by atoms with Crippen LogP contribution in [0.1, 0.15) is 55.3 Å². The van der Waals surface area contributed by atoms with Gasteiger partial charge in [0.2, 0.25) is 11.8 Å². The van der Waals surface area contributed by atoms with Gasteiger partial charge in [0.15, 0.2) is 5.82 Å². The molecule has 5 heterocycles. The Morgan fingerprint density at radius 3 is 2.56 bits per heavy atom. The van der Waals surface area contributed by atoms with E-state index in [0.717, 1.165) is 27.3 Å². The number of carbonyl (C=O) groups is 2. The first-order valence-corrected chi connectivity index (χ1v) is 21.2. The highest BCUT2D eigenvalue weighted by Gasteiger charge is 2.43. The number of ether oxygens (including phenoxy) is 2. The highest BCUT2D eigenvalue weighted by molar-refractivity contribution is 7.13. The monoisotopic (exact) mass is 849 g/mol. The van der Waals surface area contributed by atoms with Crippen LogP contribution in [0.15, 0.2) is 83.1 Å². The van der Waals surface area contributed by atoms with E-state index in [9.17, 15) is 19.8 Å². The van der Waals surface area contributed by atoms with Gasteiger partial charge in [0, 0.05) is 55.1 Å². The number of nitrogens with two attached hydrogens (primary N) is 1. The lowest BCUT2D eigenvalue weighted by atomic mass is 9.91. The number of anilines is 1. The summed E-state index contributed by atoms with van der Waals surface area (Å²) in [6.45, 7) is 8.48. The number of hydrogen-bond donors (Lipinski definition) is 4.